The van der Waals surface area contributed by atoms with Crippen LogP contribution in [-0.4, -0.2) is 13.4 Å². The predicted octanol–water partition coefficient (Wildman–Crippen LogP) is 3.01. The molecular weight excluding hydrogens is 262 g/mol. The molecule has 2 aromatic carbocycles. The molecule has 0 saturated heterocycles. The van der Waals surface area contributed by atoms with E-state index in [1.54, 1.807) is 0 Å². The van der Waals surface area contributed by atoms with Gasteiger partial charge in [0.2, 0.25) is 0 Å². The summed E-state index contributed by atoms with van der Waals surface area (Å²) >= 11 is 0. The van der Waals surface area contributed by atoms with Gasteiger partial charge in [-0.1, -0.05) is 74.3 Å². The first kappa shape index (κ1) is 16.1. The van der Waals surface area contributed by atoms with Gasteiger partial charge in [0.05, 0.1) is 0 Å². The molecule has 0 saturated carbocycles. The Morgan fingerprint density at radius 1 is 0.545 bits per heavy atom. The van der Waals surface area contributed by atoms with Crippen LogP contribution in [0.15, 0.2) is 48.5 Å². The van der Waals surface area contributed by atoms with Crippen LogP contribution < -0.4 is 10.9 Å². The van der Waals surface area contributed by atoms with Crippen molar-refractivity contribution in [2.75, 3.05) is 0 Å². The Kier molecular flexibility index (Phi) is 5.57. The van der Waals surface area contributed by atoms with E-state index in [1.807, 2.05) is 0 Å². The molecule has 2 rings (SSSR count). The lowest BCUT2D eigenvalue weighted by Crippen LogP contribution is -2.21. The first-order valence-electron chi connectivity index (χ1n) is 7.78. The van der Waals surface area contributed by atoms with Gasteiger partial charge in [-0.3, -0.25) is 0 Å². The Morgan fingerprint density at radius 3 is 1.14 bits per heavy atom. The highest BCUT2D eigenvalue weighted by Crippen LogP contribution is 1.97. The van der Waals surface area contributed by atoms with E-state index in [0.717, 1.165) is 11.1 Å². The van der Waals surface area contributed by atoms with Crippen LogP contribution in [0.2, 0.25) is 27.3 Å². The van der Waals surface area contributed by atoms with Crippen molar-refractivity contribution in [2.24, 2.45) is 0 Å². The summed E-state index contributed by atoms with van der Waals surface area (Å²) < 4.78 is 0. The van der Waals surface area contributed by atoms with E-state index in [-0.39, 0.29) is 0 Å². The van der Waals surface area contributed by atoms with Gasteiger partial charge in [0.15, 0.2) is 13.4 Å². The number of benzene rings is 2. The molecule has 22 heavy (non-hydrogen) atoms. The van der Waals surface area contributed by atoms with Crippen LogP contribution in [0.1, 0.15) is 11.1 Å². The predicted molar refractivity (Wildman–Crippen MR) is 101 cm³/mol. The third kappa shape index (κ3) is 4.61. The topological polar surface area (TPSA) is 0 Å². The minimum absolute atomic E-state index is 0.551. The Labute approximate surface area is 135 Å². The molecule has 0 amide bonds. The smallest absolute Gasteiger partial charge is 0.0819 e. The van der Waals surface area contributed by atoms with Gasteiger partial charge >= 0.3 is 0 Å². The van der Waals surface area contributed by atoms with E-state index in [0.29, 0.717) is 13.4 Å². The SMILES string of the molecule is CB(C)c1ccc(C#CC#Cc2ccc(B(C)C)cc2)cc1. The molecular formula is C20H20B2. The summed E-state index contributed by atoms with van der Waals surface area (Å²) in [7, 11) is 0. The molecule has 0 N–H and O–H groups in total. The maximum atomic E-state index is 3.09. The summed E-state index contributed by atoms with van der Waals surface area (Å²) in [6.07, 6.45) is 0. The molecule has 2 aromatic rings. The quantitative estimate of drug-likeness (QED) is 0.586. The maximum Gasteiger partial charge on any atom is 0.169 e. The summed E-state index contributed by atoms with van der Waals surface area (Å²) in [5, 5.41) is 0. The average molecular weight is 282 g/mol. The van der Waals surface area contributed by atoms with Crippen molar-refractivity contribution in [3.8, 4) is 23.7 Å². The molecule has 0 aromatic heterocycles. The zero-order valence-electron chi connectivity index (χ0n) is 13.8. The number of rotatable bonds is 2. The van der Waals surface area contributed by atoms with E-state index in [4.69, 9.17) is 0 Å². The van der Waals surface area contributed by atoms with E-state index in [1.165, 1.54) is 10.9 Å². The fourth-order valence-electron chi connectivity index (χ4n) is 2.11. The van der Waals surface area contributed by atoms with Crippen molar-refractivity contribution >= 4 is 24.4 Å². The van der Waals surface area contributed by atoms with Gasteiger partial charge in [-0.15, -0.1) is 0 Å². The zero-order valence-corrected chi connectivity index (χ0v) is 13.8. The zero-order chi connectivity index (χ0) is 15.9. The molecule has 0 fully saturated rings. The van der Waals surface area contributed by atoms with Gasteiger partial charge in [0, 0.05) is 11.1 Å². The minimum Gasteiger partial charge on any atom is -0.0819 e. The third-order valence-electron chi connectivity index (χ3n) is 3.63. The van der Waals surface area contributed by atoms with Crippen molar-refractivity contribution in [3.05, 3.63) is 59.7 Å². The van der Waals surface area contributed by atoms with Crippen molar-refractivity contribution in [1.29, 1.82) is 0 Å². The van der Waals surface area contributed by atoms with E-state index >= 15 is 0 Å². The Bertz CT molecular complexity index is 663. The Hall–Kier alpha value is -2.31. The maximum absolute atomic E-state index is 3.09. The van der Waals surface area contributed by atoms with Crippen LogP contribution in [-0.2, 0) is 0 Å². The lowest BCUT2D eigenvalue weighted by Gasteiger charge is -2.00. The number of hydrogen-bond donors (Lipinski definition) is 0. The molecule has 0 spiro atoms. The highest BCUT2D eigenvalue weighted by Gasteiger charge is 2.01. The average Bonchev–Trinajstić information content (AvgIpc) is 2.52. The standard InChI is InChI=1S/C20H20B2/c1-21(2)19-13-9-17(10-14-19)7-5-6-8-18-11-15-20(16-12-18)22(3)4/h9-16H,1-4H3. The van der Waals surface area contributed by atoms with E-state index < -0.39 is 0 Å². The van der Waals surface area contributed by atoms with Crippen molar-refractivity contribution in [2.45, 2.75) is 27.3 Å². The van der Waals surface area contributed by atoms with Crippen LogP contribution in [0.4, 0.5) is 0 Å². The Morgan fingerprint density at radius 2 is 0.864 bits per heavy atom. The Balaban J connectivity index is 2.04. The summed E-state index contributed by atoms with van der Waals surface area (Å²) in [6.45, 7) is 9.87. The number of hydrogen-bond acceptors (Lipinski definition) is 0. The van der Waals surface area contributed by atoms with E-state index in [2.05, 4.69) is 99.5 Å². The summed E-state index contributed by atoms with van der Waals surface area (Å²) in [5.41, 5.74) is 4.69. The van der Waals surface area contributed by atoms with Crippen LogP contribution >= 0.6 is 0 Å². The second-order valence-electron chi connectivity index (χ2n) is 6.05. The largest absolute Gasteiger partial charge is 0.169 e. The molecule has 106 valence electrons. The first-order chi connectivity index (χ1) is 10.6. The van der Waals surface area contributed by atoms with Gasteiger partial charge in [-0.25, -0.2) is 0 Å². The molecule has 0 unspecified atom stereocenters. The molecule has 0 radical (unpaired) electrons. The lowest BCUT2D eigenvalue weighted by atomic mass is 9.49. The second-order valence-corrected chi connectivity index (χ2v) is 6.05. The fraction of sp³-hybridized carbons (Fsp3) is 0.200. The van der Waals surface area contributed by atoms with E-state index in [9.17, 15) is 0 Å². The molecule has 0 heterocycles. The van der Waals surface area contributed by atoms with Crippen LogP contribution in [0.25, 0.3) is 0 Å². The van der Waals surface area contributed by atoms with Gasteiger partial charge in [0.25, 0.3) is 0 Å². The highest BCUT2D eigenvalue weighted by atomic mass is 13.9. The fourth-order valence-corrected chi connectivity index (χ4v) is 2.11. The van der Waals surface area contributed by atoms with Crippen molar-refractivity contribution in [1.82, 2.24) is 0 Å². The molecule has 0 aliphatic carbocycles. The summed E-state index contributed by atoms with van der Waals surface area (Å²) in [5.74, 6) is 12.0. The summed E-state index contributed by atoms with van der Waals surface area (Å²) in [4.78, 5) is 0. The van der Waals surface area contributed by atoms with Gasteiger partial charge < -0.3 is 0 Å². The molecule has 0 aliphatic rings. The van der Waals surface area contributed by atoms with Crippen LogP contribution in [0, 0.1) is 23.7 Å². The van der Waals surface area contributed by atoms with Crippen LogP contribution in [0.5, 0.6) is 0 Å². The van der Waals surface area contributed by atoms with Crippen molar-refractivity contribution in [3.63, 3.8) is 0 Å². The summed E-state index contributed by atoms with van der Waals surface area (Å²) in [6, 6.07) is 16.8. The van der Waals surface area contributed by atoms with Gasteiger partial charge in [-0.2, -0.15) is 0 Å². The lowest BCUT2D eigenvalue weighted by molar-refractivity contribution is 1.67. The van der Waals surface area contributed by atoms with Crippen molar-refractivity contribution < 1.29 is 0 Å². The highest BCUT2D eigenvalue weighted by molar-refractivity contribution is 6.71. The molecule has 0 nitrogen and oxygen atoms in total. The van der Waals surface area contributed by atoms with Crippen LogP contribution in [0.3, 0.4) is 0 Å². The van der Waals surface area contributed by atoms with Gasteiger partial charge in [0.1, 0.15) is 0 Å². The molecule has 2 heteroatoms. The second kappa shape index (κ2) is 7.63. The normalized spacial score (nSPS) is 9.09. The minimum atomic E-state index is 0.551. The van der Waals surface area contributed by atoms with Gasteiger partial charge in [-0.05, 0) is 36.1 Å². The monoisotopic (exact) mass is 282 g/mol. The third-order valence-corrected chi connectivity index (χ3v) is 3.63. The first-order valence-corrected chi connectivity index (χ1v) is 7.78. The molecule has 0 aliphatic heterocycles. The molecule has 0 atom stereocenters. The molecule has 0 bridgehead atoms.